The highest BCUT2D eigenvalue weighted by Gasteiger charge is 2.21. The van der Waals surface area contributed by atoms with Gasteiger partial charge in [-0.25, -0.2) is 0 Å². The minimum Gasteiger partial charge on any atom is -0.409 e. The van der Waals surface area contributed by atoms with Crippen LogP contribution in [0.25, 0.3) is 0 Å². The lowest BCUT2D eigenvalue weighted by atomic mass is 10.1. The van der Waals surface area contributed by atoms with Gasteiger partial charge in [-0.05, 0) is 44.0 Å². The molecule has 98 valence electrons. The number of hydrogen-bond donors (Lipinski definition) is 2. The molecule has 0 spiro atoms. The molecule has 3 N–H and O–H groups in total. The van der Waals surface area contributed by atoms with Gasteiger partial charge in [-0.1, -0.05) is 18.0 Å². The Balaban J connectivity index is 2.16. The maximum Gasteiger partial charge on any atom is 0.170 e. The van der Waals surface area contributed by atoms with Crippen LogP contribution in [0.15, 0.2) is 29.4 Å². The Morgan fingerprint density at radius 2 is 1.94 bits per heavy atom. The molecule has 0 radical (unpaired) electrons. The SMILES string of the molecule is CCN(c1ccc(/C(N)=N/O)cc1)C1CCCC1. The summed E-state index contributed by atoms with van der Waals surface area (Å²) in [5.41, 5.74) is 7.54. The number of amidine groups is 1. The van der Waals surface area contributed by atoms with E-state index in [1.165, 1.54) is 31.4 Å². The number of nitrogens with zero attached hydrogens (tertiary/aromatic N) is 2. The summed E-state index contributed by atoms with van der Waals surface area (Å²) >= 11 is 0. The van der Waals surface area contributed by atoms with Crippen LogP contribution in [0.1, 0.15) is 38.2 Å². The number of oxime groups is 1. The molecule has 0 atom stereocenters. The van der Waals surface area contributed by atoms with Crippen molar-refractivity contribution in [1.82, 2.24) is 0 Å². The van der Waals surface area contributed by atoms with E-state index in [-0.39, 0.29) is 5.84 Å². The second-order valence-electron chi connectivity index (χ2n) is 4.76. The van der Waals surface area contributed by atoms with Crippen molar-refractivity contribution in [2.45, 2.75) is 38.6 Å². The third-order valence-electron chi connectivity index (χ3n) is 3.71. The van der Waals surface area contributed by atoms with E-state index in [0.717, 1.165) is 12.1 Å². The average molecular weight is 247 g/mol. The van der Waals surface area contributed by atoms with Gasteiger partial charge in [-0.2, -0.15) is 0 Å². The van der Waals surface area contributed by atoms with Gasteiger partial charge in [-0.15, -0.1) is 0 Å². The largest absolute Gasteiger partial charge is 0.409 e. The van der Waals surface area contributed by atoms with Crippen LogP contribution in [0.3, 0.4) is 0 Å². The second-order valence-corrected chi connectivity index (χ2v) is 4.76. The highest BCUT2D eigenvalue weighted by Crippen LogP contribution is 2.28. The predicted molar refractivity (Wildman–Crippen MR) is 74.2 cm³/mol. The van der Waals surface area contributed by atoms with Crippen LogP contribution in [-0.2, 0) is 0 Å². The summed E-state index contributed by atoms with van der Waals surface area (Å²) < 4.78 is 0. The number of hydrogen-bond acceptors (Lipinski definition) is 3. The summed E-state index contributed by atoms with van der Waals surface area (Å²) in [6.45, 7) is 3.21. The zero-order chi connectivity index (χ0) is 13.0. The molecule has 4 nitrogen and oxygen atoms in total. The normalized spacial score (nSPS) is 17.1. The molecule has 0 unspecified atom stereocenters. The van der Waals surface area contributed by atoms with Gasteiger partial charge in [0.25, 0.3) is 0 Å². The van der Waals surface area contributed by atoms with Crippen LogP contribution in [0, 0.1) is 0 Å². The first-order valence-corrected chi connectivity index (χ1v) is 6.61. The average Bonchev–Trinajstić information content (AvgIpc) is 2.93. The Morgan fingerprint density at radius 3 is 2.44 bits per heavy atom. The van der Waals surface area contributed by atoms with Gasteiger partial charge in [-0.3, -0.25) is 0 Å². The van der Waals surface area contributed by atoms with E-state index >= 15 is 0 Å². The summed E-state index contributed by atoms with van der Waals surface area (Å²) in [4.78, 5) is 2.45. The quantitative estimate of drug-likeness (QED) is 0.372. The molecule has 1 aliphatic rings. The lowest BCUT2D eigenvalue weighted by Gasteiger charge is -2.30. The highest BCUT2D eigenvalue weighted by atomic mass is 16.4. The number of rotatable bonds is 4. The van der Waals surface area contributed by atoms with E-state index in [4.69, 9.17) is 10.9 Å². The van der Waals surface area contributed by atoms with E-state index in [9.17, 15) is 0 Å². The molecule has 2 rings (SSSR count). The molecule has 1 fully saturated rings. The van der Waals surface area contributed by atoms with Crippen LogP contribution in [-0.4, -0.2) is 23.6 Å². The van der Waals surface area contributed by atoms with Crippen molar-refractivity contribution in [3.8, 4) is 0 Å². The Morgan fingerprint density at radius 1 is 1.33 bits per heavy atom. The number of nitrogens with two attached hydrogens (primary N) is 1. The van der Waals surface area contributed by atoms with E-state index < -0.39 is 0 Å². The Labute approximate surface area is 108 Å². The Hall–Kier alpha value is -1.71. The fraction of sp³-hybridized carbons (Fsp3) is 0.500. The van der Waals surface area contributed by atoms with Crippen LogP contribution >= 0.6 is 0 Å². The standard InChI is InChI=1S/C14H21N3O/c1-2-17(12-5-3-4-6-12)13-9-7-11(8-10-13)14(15)16-18/h7-10,12,18H,2-6H2,1H3,(H2,15,16). The molecule has 0 heterocycles. The van der Waals surface area contributed by atoms with E-state index in [0.29, 0.717) is 6.04 Å². The van der Waals surface area contributed by atoms with E-state index in [2.05, 4.69) is 29.1 Å². The third-order valence-corrected chi connectivity index (χ3v) is 3.71. The van der Waals surface area contributed by atoms with Gasteiger partial charge in [0.2, 0.25) is 0 Å². The summed E-state index contributed by atoms with van der Waals surface area (Å²) in [5, 5.41) is 11.6. The molecule has 0 saturated heterocycles. The second kappa shape index (κ2) is 5.76. The van der Waals surface area contributed by atoms with Gasteiger partial charge >= 0.3 is 0 Å². The molecular formula is C14H21N3O. The lowest BCUT2D eigenvalue weighted by molar-refractivity contribution is 0.318. The monoisotopic (exact) mass is 247 g/mol. The van der Waals surface area contributed by atoms with Crippen LogP contribution in [0.2, 0.25) is 0 Å². The van der Waals surface area contributed by atoms with Gasteiger partial charge in [0, 0.05) is 23.8 Å². The minimum atomic E-state index is 0.158. The van der Waals surface area contributed by atoms with Crippen molar-refractivity contribution < 1.29 is 5.21 Å². The molecule has 1 aliphatic carbocycles. The molecule has 0 aliphatic heterocycles. The summed E-state index contributed by atoms with van der Waals surface area (Å²) in [6.07, 6.45) is 5.25. The van der Waals surface area contributed by atoms with Crippen molar-refractivity contribution in [2.24, 2.45) is 10.9 Å². The highest BCUT2D eigenvalue weighted by molar-refractivity contribution is 5.97. The molecule has 18 heavy (non-hydrogen) atoms. The van der Waals surface area contributed by atoms with Crippen LogP contribution in [0.5, 0.6) is 0 Å². The Bertz CT molecular complexity index is 408. The lowest BCUT2D eigenvalue weighted by Crippen LogP contribution is -2.32. The first-order chi connectivity index (χ1) is 8.76. The van der Waals surface area contributed by atoms with Gasteiger partial charge in [0.05, 0.1) is 0 Å². The zero-order valence-electron chi connectivity index (χ0n) is 10.8. The van der Waals surface area contributed by atoms with Crippen molar-refractivity contribution >= 4 is 11.5 Å². The van der Waals surface area contributed by atoms with Crippen LogP contribution in [0.4, 0.5) is 5.69 Å². The van der Waals surface area contributed by atoms with Gasteiger partial charge in [0.1, 0.15) is 0 Å². The Kier molecular flexibility index (Phi) is 4.07. The molecule has 1 aromatic rings. The van der Waals surface area contributed by atoms with Crippen molar-refractivity contribution in [1.29, 1.82) is 0 Å². The van der Waals surface area contributed by atoms with Crippen molar-refractivity contribution in [3.63, 3.8) is 0 Å². The fourth-order valence-electron chi connectivity index (χ4n) is 2.75. The fourth-order valence-corrected chi connectivity index (χ4v) is 2.75. The smallest absolute Gasteiger partial charge is 0.170 e. The predicted octanol–water partition coefficient (Wildman–Crippen LogP) is 2.55. The molecule has 4 heteroatoms. The maximum absolute atomic E-state index is 8.64. The first-order valence-electron chi connectivity index (χ1n) is 6.61. The molecular weight excluding hydrogens is 226 g/mol. The zero-order valence-corrected chi connectivity index (χ0v) is 10.8. The molecule has 1 saturated carbocycles. The minimum absolute atomic E-state index is 0.158. The molecule has 1 aromatic carbocycles. The maximum atomic E-state index is 8.64. The first kappa shape index (κ1) is 12.7. The van der Waals surface area contributed by atoms with Crippen molar-refractivity contribution in [3.05, 3.63) is 29.8 Å². The molecule has 0 amide bonds. The third kappa shape index (κ3) is 2.58. The van der Waals surface area contributed by atoms with Crippen LogP contribution < -0.4 is 10.6 Å². The van der Waals surface area contributed by atoms with Crippen molar-refractivity contribution in [2.75, 3.05) is 11.4 Å². The number of benzene rings is 1. The topological polar surface area (TPSA) is 61.8 Å². The number of anilines is 1. The summed E-state index contributed by atoms with van der Waals surface area (Å²) in [6, 6.07) is 8.58. The van der Waals surface area contributed by atoms with Gasteiger partial charge in [0.15, 0.2) is 5.84 Å². The molecule has 0 aromatic heterocycles. The summed E-state index contributed by atoms with van der Waals surface area (Å²) in [7, 11) is 0. The van der Waals surface area contributed by atoms with E-state index in [1.807, 2.05) is 12.1 Å². The van der Waals surface area contributed by atoms with Gasteiger partial charge < -0.3 is 15.8 Å². The molecule has 0 bridgehead atoms. The summed E-state index contributed by atoms with van der Waals surface area (Å²) in [5.74, 6) is 0.158. The van der Waals surface area contributed by atoms with E-state index in [1.54, 1.807) is 0 Å².